The van der Waals surface area contributed by atoms with Crippen molar-refractivity contribution in [1.82, 2.24) is 14.8 Å². The molecule has 0 saturated carbocycles. The van der Waals surface area contributed by atoms with Crippen molar-refractivity contribution in [2.45, 2.75) is 31.0 Å². The Kier molecular flexibility index (Phi) is 6.86. The standard InChI is InChI=1S/C24H21Cl2N3OS/c1-3-12-29-23(14-30-22-11-9-17-6-4-5-7-20(17)16(22)2)27-28-24(29)31-15-18-8-10-19(25)13-21(18)26/h3-11,13H,1,12,14-15H2,2H3. The van der Waals surface area contributed by atoms with E-state index in [4.69, 9.17) is 27.9 Å². The van der Waals surface area contributed by atoms with Crippen LogP contribution < -0.4 is 4.74 Å². The molecule has 1 heterocycles. The number of aryl methyl sites for hydroxylation is 1. The van der Waals surface area contributed by atoms with Crippen molar-refractivity contribution < 1.29 is 4.74 Å². The molecular formula is C24H21Cl2N3OS. The molecular weight excluding hydrogens is 449 g/mol. The number of thioether (sulfide) groups is 1. The molecule has 158 valence electrons. The lowest BCUT2D eigenvalue weighted by atomic mass is 10.0. The van der Waals surface area contributed by atoms with Gasteiger partial charge in [-0.3, -0.25) is 4.57 Å². The Bertz CT molecular complexity index is 1240. The van der Waals surface area contributed by atoms with E-state index in [1.54, 1.807) is 17.8 Å². The summed E-state index contributed by atoms with van der Waals surface area (Å²) in [5.41, 5.74) is 2.11. The van der Waals surface area contributed by atoms with Crippen LogP contribution in [0.1, 0.15) is 17.0 Å². The van der Waals surface area contributed by atoms with Gasteiger partial charge in [0.1, 0.15) is 12.4 Å². The average Bonchev–Trinajstić information content (AvgIpc) is 3.15. The summed E-state index contributed by atoms with van der Waals surface area (Å²) in [5, 5.41) is 13.2. The molecule has 0 atom stereocenters. The first-order valence-electron chi connectivity index (χ1n) is 9.77. The molecule has 31 heavy (non-hydrogen) atoms. The summed E-state index contributed by atoms with van der Waals surface area (Å²) in [6, 6.07) is 17.9. The lowest BCUT2D eigenvalue weighted by Gasteiger charge is -2.12. The predicted octanol–water partition coefficient (Wildman–Crippen LogP) is 7.10. The third kappa shape index (κ3) is 4.90. The van der Waals surface area contributed by atoms with Crippen LogP contribution in [0.2, 0.25) is 10.0 Å². The van der Waals surface area contributed by atoms with Gasteiger partial charge in [0.25, 0.3) is 0 Å². The number of aromatic nitrogens is 3. The summed E-state index contributed by atoms with van der Waals surface area (Å²) in [4.78, 5) is 0. The quantitative estimate of drug-likeness (QED) is 0.203. The van der Waals surface area contributed by atoms with Gasteiger partial charge in [0.2, 0.25) is 0 Å². The third-order valence-electron chi connectivity index (χ3n) is 4.98. The second-order valence-electron chi connectivity index (χ2n) is 7.02. The van der Waals surface area contributed by atoms with Crippen LogP contribution in [0.3, 0.4) is 0 Å². The smallest absolute Gasteiger partial charge is 0.191 e. The van der Waals surface area contributed by atoms with Gasteiger partial charge in [-0.1, -0.05) is 77.4 Å². The summed E-state index contributed by atoms with van der Waals surface area (Å²) in [6.45, 7) is 6.85. The van der Waals surface area contributed by atoms with Crippen LogP contribution in [0, 0.1) is 6.92 Å². The molecule has 0 unspecified atom stereocenters. The highest BCUT2D eigenvalue weighted by Crippen LogP contribution is 2.30. The fourth-order valence-electron chi connectivity index (χ4n) is 3.33. The van der Waals surface area contributed by atoms with Gasteiger partial charge in [-0.2, -0.15) is 0 Å². The monoisotopic (exact) mass is 469 g/mol. The first-order chi connectivity index (χ1) is 15.1. The molecule has 7 heteroatoms. The molecule has 0 bridgehead atoms. The van der Waals surface area contributed by atoms with E-state index >= 15 is 0 Å². The Morgan fingerprint density at radius 1 is 1.10 bits per heavy atom. The molecule has 0 aliphatic rings. The van der Waals surface area contributed by atoms with Crippen molar-refractivity contribution in [3.05, 3.63) is 94.2 Å². The molecule has 0 aliphatic heterocycles. The van der Waals surface area contributed by atoms with Gasteiger partial charge in [0.15, 0.2) is 11.0 Å². The minimum Gasteiger partial charge on any atom is -0.485 e. The average molecular weight is 470 g/mol. The Labute approximate surface area is 195 Å². The molecule has 0 fully saturated rings. The van der Waals surface area contributed by atoms with E-state index in [1.165, 1.54) is 10.8 Å². The second-order valence-corrected chi connectivity index (χ2v) is 8.81. The van der Waals surface area contributed by atoms with Crippen molar-refractivity contribution in [2.24, 2.45) is 0 Å². The van der Waals surface area contributed by atoms with Gasteiger partial charge in [-0.15, -0.1) is 16.8 Å². The number of fused-ring (bicyclic) bond motifs is 1. The lowest BCUT2D eigenvalue weighted by Crippen LogP contribution is -2.08. The maximum atomic E-state index is 6.30. The number of rotatable bonds is 8. The molecule has 0 spiro atoms. The van der Waals surface area contributed by atoms with E-state index in [1.807, 2.05) is 41.0 Å². The molecule has 1 aromatic heterocycles. The van der Waals surface area contributed by atoms with Gasteiger partial charge < -0.3 is 4.74 Å². The summed E-state index contributed by atoms with van der Waals surface area (Å²) < 4.78 is 8.14. The Hall–Kier alpha value is -2.47. The van der Waals surface area contributed by atoms with Crippen molar-refractivity contribution in [3.63, 3.8) is 0 Å². The van der Waals surface area contributed by atoms with E-state index in [0.717, 1.165) is 27.9 Å². The van der Waals surface area contributed by atoms with Crippen LogP contribution >= 0.6 is 35.0 Å². The highest BCUT2D eigenvalue weighted by molar-refractivity contribution is 7.98. The van der Waals surface area contributed by atoms with Crippen molar-refractivity contribution in [1.29, 1.82) is 0 Å². The molecule has 0 amide bonds. The maximum Gasteiger partial charge on any atom is 0.191 e. The van der Waals surface area contributed by atoms with E-state index in [9.17, 15) is 0 Å². The Morgan fingerprint density at radius 3 is 2.74 bits per heavy atom. The zero-order chi connectivity index (χ0) is 21.8. The molecule has 4 aromatic rings. The zero-order valence-electron chi connectivity index (χ0n) is 17.0. The van der Waals surface area contributed by atoms with Gasteiger partial charge in [-0.25, -0.2) is 0 Å². The first-order valence-corrected chi connectivity index (χ1v) is 11.5. The molecule has 0 N–H and O–H groups in total. The van der Waals surface area contributed by atoms with Crippen LogP contribution in [-0.4, -0.2) is 14.8 Å². The summed E-state index contributed by atoms with van der Waals surface area (Å²) in [7, 11) is 0. The molecule has 0 saturated heterocycles. The van der Waals surface area contributed by atoms with Gasteiger partial charge in [0, 0.05) is 22.3 Å². The molecule has 3 aromatic carbocycles. The van der Waals surface area contributed by atoms with E-state index in [0.29, 0.717) is 28.9 Å². The number of halogens is 2. The molecule has 4 nitrogen and oxygen atoms in total. The van der Waals surface area contributed by atoms with Crippen molar-refractivity contribution in [2.75, 3.05) is 0 Å². The van der Waals surface area contributed by atoms with Gasteiger partial charge >= 0.3 is 0 Å². The fourth-order valence-corrected chi connectivity index (χ4v) is 4.86. The summed E-state index contributed by atoms with van der Waals surface area (Å²) in [6.07, 6.45) is 1.83. The normalized spacial score (nSPS) is 11.1. The number of hydrogen-bond donors (Lipinski definition) is 0. The molecule has 4 rings (SSSR count). The Balaban J connectivity index is 1.51. The highest BCUT2D eigenvalue weighted by atomic mass is 35.5. The molecule has 0 radical (unpaired) electrons. The number of allylic oxidation sites excluding steroid dienone is 1. The number of nitrogens with zero attached hydrogens (tertiary/aromatic N) is 3. The number of benzene rings is 3. The zero-order valence-corrected chi connectivity index (χ0v) is 19.3. The van der Waals surface area contributed by atoms with E-state index in [2.05, 4.69) is 41.9 Å². The van der Waals surface area contributed by atoms with E-state index < -0.39 is 0 Å². The second kappa shape index (κ2) is 9.77. The maximum absolute atomic E-state index is 6.30. The van der Waals surface area contributed by atoms with Crippen LogP contribution in [0.15, 0.2) is 72.4 Å². The number of hydrogen-bond acceptors (Lipinski definition) is 4. The van der Waals surface area contributed by atoms with Gasteiger partial charge in [0.05, 0.1) is 0 Å². The first kappa shape index (κ1) is 21.8. The van der Waals surface area contributed by atoms with Crippen molar-refractivity contribution in [3.8, 4) is 5.75 Å². The molecule has 0 aliphatic carbocycles. The van der Waals surface area contributed by atoms with Crippen LogP contribution in [0.25, 0.3) is 10.8 Å². The minimum atomic E-state index is 0.322. The SMILES string of the molecule is C=CCn1c(COc2ccc3ccccc3c2C)nnc1SCc1ccc(Cl)cc1Cl. The van der Waals surface area contributed by atoms with Crippen molar-refractivity contribution >= 4 is 45.7 Å². The highest BCUT2D eigenvalue weighted by Gasteiger charge is 2.14. The van der Waals surface area contributed by atoms with Gasteiger partial charge in [-0.05, 0) is 47.0 Å². The fraction of sp³-hybridized carbons (Fsp3) is 0.167. The lowest BCUT2D eigenvalue weighted by molar-refractivity contribution is 0.287. The topological polar surface area (TPSA) is 39.9 Å². The van der Waals surface area contributed by atoms with E-state index in [-0.39, 0.29) is 0 Å². The minimum absolute atomic E-state index is 0.322. The van der Waals surface area contributed by atoms with Crippen LogP contribution in [-0.2, 0) is 18.9 Å². The third-order valence-corrected chi connectivity index (χ3v) is 6.58. The number of ether oxygens (including phenoxy) is 1. The largest absolute Gasteiger partial charge is 0.485 e. The Morgan fingerprint density at radius 2 is 1.94 bits per heavy atom. The summed E-state index contributed by atoms with van der Waals surface area (Å²) in [5.74, 6) is 2.25. The summed E-state index contributed by atoms with van der Waals surface area (Å²) >= 11 is 13.9. The van der Waals surface area contributed by atoms with Crippen LogP contribution in [0.4, 0.5) is 0 Å². The predicted molar refractivity (Wildman–Crippen MR) is 129 cm³/mol. The van der Waals surface area contributed by atoms with Crippen LogP contribution in [0.5, 0.6) is 5.75 Å².